The van der Waals surface area contributed by atoms with E-state index in [0.717, 1.165) is 81.4 Å². The molecule has 2 aliphatic heterocycles. The minimum Gasteiger partial charge on any atom is -0.387 e. The van der Waals surface area contributed by atoms with Gasteiger partial charge in [0.15, 0.2) is 5.01 Å². The molecule has 3 amide bonds. The summed E-state index contributed by atoms with van der Waals surface area (Å²) in [6.07, 6.45) is 8.47. The lowest BCUT2D eigenvalue weighted by molar-refractivity contribution is -0.137. The van der Waals surface area contributed by atoms with Gasteiger partial charge in [-0.3, -0.25) is 24.7 Å². The SMILES string of the molecule is [C-]#[N+]c1cnn2c(-c3cc(NC)c(-c4nnc(C5CCC(C(=O)N6CCc7cc([C@H]8CCC(=O)NC8=O)ccc7C6)CC5)s4)cn3)ccc2c1. The number of piperidine rings is 1. The number of imide groups is 1. The molecule has 5 aromatic rings. The molecule has 1 saturated carbocycles. The lowest BCUT2D eigenvalue weighted by atomic mass is 9.81. The third kappa shape index (κ3) is 5.89. The highest BCUT2D eigenvalue weighted by atomic mass is 32.1. The minimum atomic E-state index is -0.296. The number of rotatable bonds is 6. The number of benzene rings is 1. The highest BCUT2D eigenvalue weighted by Crippen LogP contribution is 2.41. The summed E-state index contributed by atoms with van der Waals surface area (Å²) in [5.41, 5.74) is 7.93. The van der Waals surface area contributed by atoms with Crippen molar-refractivity contribution in [3.63, 3.8) is 0 Å². The van der Waals surface area contributed by atoms with Crippen molar-refractivity contribution in [1.29, 1.82) is 0 Å². The van der Waals surface area contributed by atoms with Gasteiger partial charge in [-0.15, -0.1) is 10.2 Å². The van der Waals surface area contributed by atoms with Crippen molar-refractivity contribution in [3.05, 3.63) is 88.0 Å². The Bertz CT molecular complexity index is 2190. The molecule has 2 N–H and O–H groups in total. The van der Waals surface area contributed by atoms with E-state index < -0.39 is 0 Å². The summed E-state index contributed by atoms with van der Waals surface area (Å²) in [6.45, 7) is 8.51. The van der Waals surface area contributed by atoms with Crippen LogP contribution in [-0.4, -0.2) is 61.0 Å². The quantitative estimate of drug-likeness (QED) is 0.167. The molecule has 0 unspecified atom stereocenters. The van der Waals surface area contributed by atoms with Gasteiger partial charge in [-0.25, -0.2) is 9.36 Å². The zero-order valence-corrected chi connectivity index (χ0v) is 28.4. The Kier molecular flexibility index (Phi) is 8.32. The summed E-state index contributed by atoms with van der Waals surface area (Å²) < 4.78 is 1.78. The predicted octanol–water partition coefficient (Wildman–Crippen LogP) is 5.89. The first-order valence-electron chi connectivity index (χ1n) is 17.0. The maximum Gasteiger partial charge on any atom is 0.234 e. The van der Waals surface area contributed by atoms with Gasteiger partial charge in [0, 0.05) is 50.3 Å². The monoisotopic (exact) mass is 685 g/mol. The Balaban J connectivity index is 0.900. The van der Waals surface area contributed by atoms with Gasteiger partial charge in [-0.2, -0.15) is 5.10 Å². The molecule has 2 fully saturated rings. The van der Waals surface area contributed by atoms with Crippen LogP contribution >= 0.6 is 11.3 Å². The highest BCUT2D eigenvalue weighted by Gasteiger charge is 2.34. The van der Waals surface area contributed by atoms with Gasteiger partial charge in [-0.05, 0) is 79.5 Å². The van der Waals surface area contributed by atoms with Gasteiger partial charge < -0.3 is 10.2 Å². The summed E-state index contributed by atoms with van der Waals surface area (Å²) in [5, 5.41) is 21.1. The Morgan fingerprint density at radius 2 is 1.86 bits per heavy atom. The number of hydrogen-bond donors (Lipinski definition) is 2. The molecule has 0 bridgehead atoms. The molecule has 50 heavy (non-hydrogen) atoms. The third-order valence-corrected chi connectivity index (χ3v) is 11.5. The zero-order valence-electron chi connectivity index (χ0n) is 27.6. The maximum atomic E-state index is 13.7. The number of carbonyl (C=O) groups is 3. The molecule has 1 atom stereocenters. The molecule has 252 valence electrons. The van der Waals surface area contributed by atoms with Gasteiger partial charge >= 0.3 is 0 Å². The maximum absolute atomic E-state index is 13.7. The fourth-order valence-corrected chi connectivity index (χ4v) is 8.60. The lowest BCUT2D eigenvalue weighted by Gasteiger charge is -2.34. The smallest absolute Gasteiger partial charge is 0.234 e. The molecule has 3 aliphatic rings. The van der Waals surface area contributed by atoms with E-state index in [9.17, 15) is 14.4 Å². The van der Waals surface area contributed by atoms with E-state index in [-0.39, 0.29) is 35.5 Å². The van der Waals surface area contributed by atoms with Crippen LogP contribution in [0, 0.1) is 12.5 Å². The number of nitrogens with one attached hydrogen (secondary N) is 2. The van der Waals surface area contributed by atoms with Crippen LogP contribution in [0.5, 0.6) is 0 Å². The molecule has 1 saturated heterocycles. The summed E-state index contributed by atoms with van der Waals surface area (Å²) in [4.78, 5) is 47.8. The van der Waals surface area contributed by atoms with Gasteiger partial charge in [0.05, 0.1) is 41.2 Å². The van der Waals surface area contributed by atoms with Crippen molar-refractivity contribution in [2.24, 2.45) is 5.92 Å². The van der Waals surface area contributed by atoms with Crippen molar-refractivity contribution in [2.75, 3.05) is 18.9 Å². The molecule has 0 spiro atoms. The lowest BCUT2D eigenvalue weighted by Crippen LogP contribution is -2.41. The van der Waals surface area contributed by atoms with Crippen molar-refractivity contribution >= 4 is 45.9 Å². The van der Waals surface area contributed by atoms with Crippen LogP contribution < -0.4 is 10.6 Å². The standard InChI is InChI=1S/C37H35N9O3S/c1-38-26-16-27-9-11-32(46(27)41-18-26)31-17-30(39-2)29(19-40-31)36-44-43-35(50-36)21-3-5-22(6-4-21)37(49)45-14-13-23-15-24(7-8-25(23)20-45)28-10-12-33(47)42-34(28)48/h7-9,11,15-19,21-22,28H,3-6,10,12-14,20H2,2H3,(H,39,40)(H,42,47,48)/t21?,22?,28-/m1/s1. The number of carbonyl (C=O) groups excluding carboxylic acids is 3. The molecular formula is C37H35N9O3S. The third-order valence-electron chi connectivity index (χ3n) is 10.3. The first-order chi connectivity index (χ1) is 24.4. The zero-order chi connectivity index (χ0) is 34.4. The summed E-state index contributed by atoms with van der Waals surface area (Å²) in [5.74, 6) is -0.228. The fourth-order valence-electron chi connectivity index (χ4n) is 7.56. The van der Waals surface area contributed by atoms with E-state index in [4.69, 9.17) is 11.6 Å². The molecule has 1 aromatic carbocycles. The number of fused-ring (bicyclic) bond motifs is 2. The molecule has 6 heterocycles. The number of anilines is 1. The highest BCUT2D eigenvalue weighted by molar-refractivity contribution is 7.14. The van der Waals surface area contributed by atoms with E-state index in [1.165, 1.54) is 5.56 Å². The Hall–Kier alpha value is -5.48. The second kappa shape index (κ2) is 13.1. The summed E-state index contributed by atoms with van der Waals surface area (Å²) in [7, 11) is 1.87. The first-order valence-corrected chi connectivity index (χ1v) is 17.8. The van der Waals surface area contributed by atoms with Crippen LogP contribution in [0.25, 0.3) is 32.3 Å². The number of hydrogen-bond acceptors (Lipinski definition) is 9. The van der Waals surface area contributed by atoms with E-state index in [1.807, 2.05) is 48.5 Å². The van der Waals surface area contributed by atoms with Gasteiger partial charge in [0.2, 0.25) is 23.4 Å². The van der Waals surface area contributed by atoms with E-state index in [1.54, 1.807) is 28.1 Å². The summed E-state index contributed by atoms with van der Waals surface area (Å²) >= 11 is 1.59. The average Bonchev–Trinajstić information content (AvgIpc) is 3.82. The van der Waals surface area contributed by atoms with E-state index in [0.29, 0.717) is 31.6 Å². The van der Waals surface area contributed by atoms with Crippen molar-refractivity contribution < 1.29 is 14.4 Å². The Morgan fingerprint density at radius 1 is 1.00 bits per heavy atom. The average molecular weight is 686 g/mol. The first kappa shape index (κ1) is 31.8. The fraction of sp³-hybridized carbons (Fsp3) is 0.351. The van der Waals surface area contributed by atoms with Crippen LogP contribution in [0.15, 0.2) is 54.9 Å². The van der Waals surface area contributed by atoms with E-state index in [2.05, 4.69) is 36.8 Å². The molecule has 12 nitrogen and oxygen atoms in total. The van der Waals surface area contributed by atoms with Crippen molar-refractivity contribution in [2.45, 2.75) is 63.3 Å². The Morgan fingerprint density at radius 3 is 2.66 bits per heavy atom. The van der Waals surface area contributed by atoms with Crippen LogP contribution in [0.1, 0.15) is 72.1 Å². The number of pyridine rings is 1. The number of amides is 3. The molecular weight excluding hydrogens is 651 g/mol. The molecule has 13 heteroatoms. The molecule has 1 aliphatic carbocycles. The Labute approximate surface area is 292 Å². The van der Waals surface area contributed by atoms with E-state index >= 15 is 0 Å². The minimum absolute atomic E-state index is 0.00292. The van der Waals surface area contributed by atoms with Gasteiger partial charge in [0.25, 0.3) is 0 Å². The van der Waals surface area contributed by atoms with Crippen molar-refractivity contribution in [1.82, 2.24) is 35.0 Å². The number of aromatic nitrogens is 5. The number of nitrogens with zero attached hydrogens (tertiary/aromatic N) is 7. The van der Waals surface area contributed by atoms with Gasteiger partial charge in [0.1, 0.15) is 5.01 Å². The summed E-state index contributed by atoms with van der Waals surface area (Å²) in [6, 6.07) is 13.8. The van der Waals surface area contributed by atoms with Crippen LogP contribution in [0.2, 0.25) is 0 Å². The van der Waals surface area contributed by atoms with Crippen molar-refractivity contribution in [3.8, 4) is 22.0 Å². The van der Waals surface area contributed by atoms with Crippen LogP contribution in [-0.2, 0) is 27.3 Å². The predicted molar refractivity (Wildman–Crippen MR) is 189 cm³/mol. The molecule has 4 aromatic heterocycles. The molecule has 0 radical (unpaired) electrons. The van der Waals surface area contributed by atoms with Crippen LogP contribution in [0.3, 0.4) is 0 Å². The molecule has 8 rings (SSSR count). The topological polar surface area (TPSA) is 139 Å². The van der Waals surface area contributed by atoms with Gasteiger partial charge in [-0.1, -0.05) is 29.5 Å². The normalized spacial score (nSPS) is 20.6. The second-order valence-electron chi connectivity index (χ2n) is 13.3. The van der Waals surface area contributed by atoms with Crippen LogP contribution in [0.4, 0.5) is 11.4 Å². The second-order valence-corrected chi connectivity index (χ2v) is 14.3. The largest absolute Gasteiger partial charge is 0.387 e.